The fourth-order valence-corrected chi connectivity index (χ4v) is 2.80. The summed E-state index contributed by atoms with van der Waals surface area (Å²) < 4.78 is 0. The minimum Gasteiger partial charge on any atom is -0.356 e. The van der Waals surface area contributed by atoms with Gasteiger partial charge in [-0.25, -0.2) is 0 Å². The standard InChI is InChI=1S/C21H24N4.HI/c1-22-21(25-15-12-20-8-4-5-13-23-20)24-14-11-17-9-10-18-6-2-3-7-19(18)16-17;/h2-10,13,16H,11-12,14-15H2,1H3,(H2,22,24,25);1H. The zero-order valence-corrected chi connectivity index (χ0v) is 17.3. The summed E-state index contributed by atoms with van der Waals surface area (Å²) in [7, 11) is 1.80. The summed E-state index contributed by atoms with van der Waals surface area (Å²) in [6.07, 6.45) is 3.67. The number of nitrogens with zero attached hydrogens (tertiary/aromatic N) is 2. The third kappa shape index (κ3) is 5.98. The van der Waals surface area contributed by atoms with E-state index in [2.05, 4.69) is 63.1 Å². The molecule has 3 rings (SSSR count). The predicted octanol–water partition coefficient (Wildman–Crippen LogP) is 3.80. The van der Waals surface area contributed by atoms with E-state index in [1.165, 1.54) is 16.3 Å². The highest BCUT2D eigenvalue weighted by atomic mass is 127. The smallest absolute Gasteiger partial charge is 0.190 e. The highest BCUT2D eigenvalue weighted by Crippen LogP contribution is 2.15. The van der Waals surface area contributed by atoms with Crippen LogP contribution in [0.2, 0.25) is 0 Å². The highest BCUT2D eigenvalue weighted by Gasteiger charge is 2.00. The van der Waals surface area contributed by atoms with Gasteiger partial charge in [-0.1, -0.05) is 48.5 Å². The summed E-state index contributed by atoms with van der Waals surface area (Å²) >= 11 is 0. The maximum Gasteiger partial charge on any atom is 0.190 e. The maximum absolute atomic E-state index is 4.33. The molecule has 1 aromatic heterocycles. The number of halogens is 1. The number of hydrogen-bond acceptors (Lipinski definition) is 2. The molecule has 2 N–H and O–H groups in total. The Hall–Kier alpha value is -2.15. The quantitative estimate of drug-likeness (QED) is 0.334. The van der Waals surface area contributed by atoms with Gasteiger partial charge in [-0.05, 0) is 34.9 Å². The summed E-state index contributed by atoms with van der Waals surface area (Å²) in [5, 5.41) is 9.28. The Labute approximate surface area is 172 Å². The largest absolute Gasteiger partial charge is 0.356 e. The molecule has 0 aliphatic rings. The molecule has 1 heterocycles. The number of hydrogen-bond donors (Lipinski definition) is 2. The lowest BCUT2D eigenvalue weighted by atomic mass is 10.1. The Bertz CT molecular complexity index is 834. The maximum atomic E-state index is 4.33. The van der Waals surface area contributed by atoms with E-state index in [9.17, 15) is 0 Å². The van der Waals surface area contributed by atoms with Crippen LogP contribution in [0.25, 0.3) is 10.8 Å². The monoisotopic (exact) mass is 460 g/mol. The van der Waals surface area contributed by atoms with Crippen LogP contribution in [-0.4, -0.2) is 31.1 Å². The first-order valence-corrected chi connectivity index (χ1v) is 8.67. The van der Waals surface area contributed by atoms with Crippen LogP contribution in [-0.2, 0) is 12.8 Å². The third-order valence-corrected chi connectivity index (χ3v) is 4.14. The number of aliphatic imine (C=N–C) groups is 1. The van der Waals surface area contributed by atoms with Crippen molar-refractivity contribution in [2.75, 3.05) is 20.1 Å². The molecule has 0 radical (unpaired) electrons. The van der Waals surface area contributed by atoms with Gasteiger partial charge in [0.25, 0.3) is 0 Å². The van der Waals surface area contributed by atoms with Gasteiger partial charge < -0.3 is 10.6 Å². The molecule has 4 nitrogen and oxygen atoms in total. The number of rotatable bonds is 6. The lowest BCUT2D eigenvalue weighted by Gasteiger charge is -2.12. The van der Waals surface area contributed by atoms with Gasteiger partial charge >= 0.3 is 0 Å². The van der Waals surface area contributed by atoms with Crippen LogP contribution in [0.4, 0.5) is 0 Å². The second-order valence-corrected chi connectivity index (χ2v) is 5.93. The van der Waals surface area contributed by atoms with Crippen LogP contribution in [0.5, 0.6) is 0 Å². The molecule has 136 valence electrons. The van der Waals surface area contributed by atoms with Crippen LogP contribution >= 0.6 is 24.0 Å². The van der Waals surface area contributed by atoms with E-state index in [0.717, 1.165) is 37.6 Å². The van der Waals surface area contributed by atoms with Crippen molar-refractivity contribution in [3.05, 3.63) is 78.1 Å². The SMILES string of the molecule is CN=C(NCCc1ccc2ccccc2c1)NCCc1ccccn1.I. The second-order valence-electron chi connectivity index (χ2n) is 5.93. The zero-order valence-electron chi connectivity index (χ0n) is 15.0. The van der Waals surface area contributed by atoms with Gasteiger partial charge in [-0.15, -0.1) is 24.0 Å². The Balaban J connectivity index is 0.00000243. The molecule has 0 bridgehead atoms. The average Bonchev–Trinajstić information content (AvgIpc) is 2.67. The Morgan fingerprint density at radius 3 is 2.35 bits per heavy atom. The van der Waals surface area contributed by atoms with Crippen molar-refractivity contribution < 1.29 is 0 Å². The van der Waals surface area contributed by atoms with Crippen molar-refractivity contribution in [2.45, 2.75) is 12.8 Å². The van der Waals surface area contributed by atoms with Gasteiger partial charge in [-0.3, -0.25) is 9.98 Å². The predicted molar refractivity (Wildman–Crippen MR) is 120 cm³/mol. The normalized spacial score (nSPS) is 11.0. The number of nitrogens with one attached hydrogen (secondary N) is 2. The van der Waals surface area contributed by atoms with Gasteiger partial charge in [0.2, 0.25) is 0 Å². The average molecular weight is 460 g/mol. The van der Waals surface area contributed by atoms with Crippen molar-refractivity contribution in [3.8, 4) is 0 Å². The molecule has 0 unspecified atom stereocenters. The topological polar surface area (TPSA) is 49.3 Å². The van der Waals surface area contributed by atoms with E-state index < -0.39 is 0 Å². The number of pyridine rings is 1. The van der Waals surface area contributed by atoms with Crippen LogP contribution in [0.1, 0.15) is 11.3 Å². The first-order valence-electron chi connectivity index (χ1n) is 8.67. The Morgan fingerprint density at radius 1 is 0.885 bits per heavy atom. The molecule has 0 aliphatic heterocycles. The van der Waals surface area contributed by atoms with Crippen molar-refractivity contribution in [1.82, 2.24) is 15.6 Å². The third-order valence-electron chi connectivity index (χ3n) is 4.14. The fourth-order valence-electron chi connectivity index (χ4n) is 2.80. The fraction of sp³-hybridized carbons (Fsp3) is 0.238. The summed E-state index contributed by atoms with van der Waals surface area (Å²) in [6, 6.07) is 21.1. The number of aromatic nitrogens is 1. The Kier molecular flexibility index (Phi) is 8.34. The first kappa shape index (κ1) is 20.2. The molecular formula is C21H25IN4. The van der Waals surface area contributed by atoms with E-state index in [-0.39, 0.29) is 24.0 Å². The summed E-state index contributed by atoms with van der Waals surface area (Å²) in [4.78, 5) is 8.60. The number of guanidine groups is 1. The van der Waals surface area contributed by atoms with Gasteiger partial charge in [0, 0.05) is 38.4 Å². The molecular weight excluding hydrogens is 435 g/mol. The summed E-state index contributed by atoms with van der Waals surface area (Å²) in [6.45, 7) is 1.66. The van der Waals surface area contributed by atoms with Gasteiger partial charge in [0.15, 0.2) is 5.96 Å². The molecule has 26 heavy (non-hydrogen) atoms. The van der Waals surface area contributed by atoms with Crippen LogP contribution < -0.4 is 10.6 Å². The number of fused-ring (bicyclic) bond motifs is 1. The highest BCUT2D eigenvalue weighted by molar-refractivity contribution is 14.0. The Morgan fingerprint density at radius 2 is 1.62 bits per heavy atom. The van der Waals surface area contributed by atoms with Gasteiger partial charge in [-0.2, -0.15) is 0 Å². The van der Waals surface area contributed by atoms with Gasteiger partial charge in [0.05, 0.1) is 0 Å². The van der Waals surface area contributed by atoms with Crippen molar-refractivity contribution in [1.29, 1.82) is 0 Å². The molecule has 3 aromatic rings. The molecule has 0 amide bonds. The van der Waals surface area contributed by atoms with E-state index in [0.29, 0.717) is 0 Å². The van der Waals surface area contributed by atoms with Crippen molar-refractivity contribution in [3.63, 3.8) is 0 Å². The molecule has 0 saturated carbocycles. The van der Waals surface area contributed by atoms with Crippen LogP contribution in [0, 0.1) is 0 Å². The molecule has 0 aliphatic carbocycles. The first-order chi connectivity index (χ1) is 12.3. The molecule has 0 saturated heterocycles. The van der Waals surface area contributed by atoms with Gasteiger partial charge in [0.1, 0.15) is 0 Å². The summed E-state index contributed by atoms with van der Waals surface area (Å²) in [5.41, 5.74) is 2.41. The van der Waals surface area contributed by atoms with Crippen molar-refractivity contribution in [2.24, 2.45) is 4.99 Å². The minimum absolute atomic E-state index is 0. The summed E-state index contributed by atoms with van der Waals surface area (Å²) in [5.74, 6) is 0.830. The number of benzene rings is 2. The van der Waals surface area contributed by atoms with E-state index in [1.807, 2.05) is 24.4 Å². The second kappa shape index (κ2) is 10.8. The van der Waals surface area contributed by atoms with Crippen LogP contribution in [0.15, 0.2) is 71.9 Å². The zero-order chi connectivity index (χ0) is 17.3. The van der Waals surface area contributed by atoms with E-state index in [4.69, 9.17) is 0 Å². The lowest BCUT2D eigenvalue weighted by molar-refractivity contribution is 0.776. The lowest BCUT2D eigenvalue weighted by Crippen LogP contribution is -2.39. The molecule has 0 fully saturated rings. The van der Waals surface area contributed by atoms with E-state index in [1.54, 1.807) is 7.05 Å². The minimum atomic E-state index is 0. The van der Waals surface area contributed by atoms with Crippen LogP contribution in [0.3, 0.4) is 0 Å². The molecule has 0 spiro atoms. The molecule has 0 atom stereocenters. The molecule has 5 heteroatoms. The van der Waals surface area contributed by atoms with E-state index >= 15 is 0 Å². The molecule has 2 aromatic carbocycles. The van der Waals surface area contributed by atoms with Crippen molar-refractivity contribution >= 4 is 40.7 Å².